The predicted molar refractivity (Wildman–Crippen MR) is 61.1 cm³/mol. The largest absolute Gasteiger partial charge is 0.493 e. The van der Waals surface area contributed by atoms with Crippen LogP contribution in [0.1, 0.15) is 0 Å². The van der Waals surface area contributed by atoms with Crippen LogP contribution in [0.25, 0.3) is 0 Å². The Morgan fingerprint density at radius 3 is 2.62 bits per heavy atom. The van der Waals surface area contributed by atoms with E-state index in [4.69, 9.17) is 10.0 Å². The lowest BCUT2D eigenvalue weighted by Crippen LogP contribution is -2.33. The van der Waals surface area contributed by atoms with Crippen LogP contribution in [0.15, 0.2) is 12.1 Å². The van der Waals surface area contributed by atoms with Crippen LogP contribution >= 0.6 is 0 Å². The highest BCUT2D eigenvalue weighted by Gasteiger charge is 2.17. The zero-order chi connectivity index (χ0) is 12.1. The highest BCUT2D eigenvalue weighted by molar-refractivity contribution is 6.58. The van der Waals surface area contributed by atoms with Gasteiger partial charge in [-0.1, -0.05) is 6.07 Å². The molecule has 0 saturated heterocycles. The van der Waals surface area contributed by atoms with Crippen molar-refractivity contribution in [2.24, 2.45) is 0 Å². The van der Waals surface area contributed by atoms with Gasteiger partial charge in [-0.05, 0) is 20.2 Å². The number of halogens is 1. The van der Waals surface area contributed by atoms with E-state index in [2.05, 4.69) is 10.3 Å². The van der Waals surface area contributed by atoms with Crippen molar-refractivity contribution < 1.29 is 14.4 Å². The van der Waals surface area contributed by atoms with E-state index in [1.54, 1.807) is 0 Å². The molecule has 1 aromatic rings. The number of hydrogen-bond acceptors (Lipinski definition) is 5. The van der Waals surface area contributed by atoms with Crippen LogP contribution < -0.4 is 10.8 Å². The fourth-order valence-electron chi connectivity index (χ4n) is 1.14. The molecule has 0 aliphatic carbocycles. The maximum absolute atomic E-state index is 13.2. The summed E-state index contributed by atoms with van der Waals surface area (Å²) in [5, 5.41) is 20.5. The summed E-state index contributed by atoms with van der Waals surface area (Å²) in [4.78, 5) is 5.56. The van der Waals surface area contributed by atoms with Crippen LogP contribution in [0, 0.1) is 5.95 Å². The molecule has 0 unspecified atom stereocenters. The van der Waals surface area contributed by atoms with E-state index in [0.29, 0.717) is 12.4 Å². The second kappa shape index (κ2) is 5.79. The fourth-order valence-corrected chi connectivity index (χ4v) is 1.14. The first kappa shape index (κ1) is 12.9. The third-order valence-corrected chi connectivity index (χ3v) is 2.02. The lowest BCUT2D eigenvalue weighted by Gasteiger charge is -2.11. The molecule has 0 atom stereocenters. The van der Waals surface area contributed by atoms with E-state index in [1.807, 2.05) is 19.0 Å². The first-order valence-corrected chi connectivity index (χ1v) is 4.92. The summed E-state index contributed by atoms with van der Waals surface area (Å²) in [6, 6.07) is 2.80. The smallest absolute Gasteiger partial charge is 0.423 e. The minimum atomic E-state index is -1.83. The molecule has 0 fully saturated rings. The summed E-state index contributed by atoms with van der Waals surface area (Å²) in [6.45, 7) is 1.44. The van der Waals surface area contributed by atoms with Crippen molar-refractivity contribution in [2.75, 3.05) is 32.5 Å². The maximum atomic E-state index is 13.2. The zero-order valence-electron chi connectivity index (χ0n) is 9.31. The Kier molecular flexibility index (Phi) is 4.66. The second-order valence-corrected chi connectivity index (χ2v) is 3.68. The Morgan fingerprint density at radius 1 is 1.44 bits per heavy atom. The number of pyridine rings is 1. The van der Waals surface area contributed by atoms with Gasteiger partial charge in [-0.25, -0.2) is 4.98 Å². The van der Waals surface area contributed by atoms with E-state index in [1.165, 1.54) is 12.1 Å². The van der Waals surface area contributed by atoms with Gasteiger partial charge in [0, 0.05) is 18.6 Å². The van der Waals surface area contributed by atoms with Crippen LogP contribution in [-0.4, -0.2) is 54.2 Å². The zero-order valence-corrected chi connectivity index (χ0v) is 9.31. The third kappa shape index (κ3) is 3.76. The van der Waals surface area contributed by atoms with E-state index in [0.717, 1.165) is 6.54 Å². The first-order valence-electron chi connectivity index (χ1n) is 4.92. The van der Waals surface area contributed by atoms with Gasteiger partial charge >= 0.3 is 7.12 Å². The van der Waals surface area contributed by atoms with Crippen molar-refractivity contribution in [3.8, 4) is 0 Å². The average molecular weight is 227 g/mol. The molecule has 5 nitrogen and oxygen atoms in total. The molecule has 0 aliphatic rings. The molecule has 1 aromatic heterocycles. The standard InChI is InChI=1S/C9H15BFN3O2/c1-14(2)6-5-12-8-4-3-7(10(15)16)9(11)13-8/h3-4,15-16H,5-6H2,1-2H3,(H,12,13). The van der Waals surface area contributed by atoms with Crippen molar-refractivity contribution in [1.82, 2.24) is 9.88 Å². The Morgan fingerprint density at radius 2 is 2.12 bits per heavy atom. The molecule has 16 heavy (non-hydrogen) atoms. The molecule has 1 heterocycles. The Balaban J connectivity index is 2.59. The van der Waals surface area contributed by atoms with Gasteiger partial charge in [0.1, 0.15) is 5.82 Å². The van der Waals surface area contributed by atoms with Crippen LogP contribution in [0.5, 0.6) is 0 Å². The molecule has 7 heteroatoms. The van der Waals surface area contributed by atoms with Gasteiger partial charge < -0.3 is 20.3 Å². The normalized spacial score (nSPS) is 10.6. The molecule has 1 rings (SSSR count). The molecule has 0 saturated carbocycles. The van der Waals surface area contributed by atoms with Crippen molar-refractivity contribution in [2.45, 2.75) is 0 Å². The fraction of sp³-hybridized carbons (Fsp3) is 0.444. The summed E-state index contributed by atoms with van der Waals surface area (Å²) >= 11 is 0. The quantitative estimate of drug-likeness (QED) is 0.439. The number of nitrogens with one attached hydrogen (secondary N) is 1. The van der Waals surface area contributed by atoms with Gasteiger partial charge in [-0.2, -0.15) is 4.39 Å². The molecule has 88 valence electrons. The van der Waals surface area contributed by atoms with Crippen LogP contribution in [0.2, 0.25) is 0 Å². The SMILES string of the molecule is CN(C)CCNc1ccc(B(O)O)c(F)n1. The van der Waals surface area contributed by atoms with Crippen LogP contribution in [0.3, 0.4) is 0 Å². The van der Waals surface area contributed by atoms with Crippen molar-refractivity contribution in [1.29, 1.82) is 0 Å². The minimum absolute atomic E-state index is 0.224. The monoisotopic (exact) mass is 227 g/mol. The lowest BCUT2D eigenvalue weighted by molar-refractivity contribution is 0.421. The summed E-state index contributed by atoms with van der Waals surface area (Å²) < 4.78 is 13.2. The summed E-state index contributed by atoms with van der Waals surface area (Å²) in [6.07, 6.45) is 0. The lowest BCUT2D eigenvalue weighted by atomic mass is 9.81. The number of nitrogens with zero attached hydrogens (tertiary/aromatic N) is 2. The van der Waals surface area contributed by atoms with Crippen LogP contribution in [0.4, 0.5) is 10.2 Å². The van der Waals surface area contributed by atoms with Gasteiger partial charge in [0.2, 0.25) is 5.95 Å². The highest BCUT2D eigenvalue weighted by Crippen LogP contribution is 2.02. The molecule has 0 bridgehead atoms. The van der Waals surface area contributed by atoms with E-state index < -0.39 is 13.1 Å². The van der Waals surface area contributed by atoms with Gasteiger partial charge in [0.25, 0.3) is 0 Å². The van der Waals surface area contributed by atoms with E-state index in [-0.39, 0.29) is 5.46 Å². The van der Waals surface area contributed by atoms with Gasteiger partial charge in [-0.15, -0.1) is 0 Å². The van der Waals surface area contributed by atoms with Crippen LogP contribution in [-0.2, 0) is 0 Å². The first-order chi connectivity index (χ1) is 7.50. The number of rotatable bonds is 5. The van der Waals surface area contributed by atoms with E-state index in [9.17, 15) is 4.39 Å². The van der Waals surface area contributed by atoms with Gasteiger partial charge in [0.05, 0.1) is 0 Å². The number of likely N-dealkylation sites (N-methyl/N-ethyl adjacent to an activating group) is 1. The van der Waals surface area contributed by atoms with Gasteiger partial charge in [0.15, 0.2) is 0 Å². The molecule has 0 amide bonds. The molecule has 0 radical (unpaired) electrons. The Labute approximate surface area is 94.1 Å². The molecule has 0 aromatic carbocycles. The average Bonchev–Trinajstić information content (AvgIpc) is 2.16. The number of hydrogen-bond donors (Lipinski definition) is 3. The highest BCUT2D eigenvalue weighted by atomic mass is 19.1. The summed E-state index contributed by atoms with van der Waals surface area (Å²) in [5.74, 6) is -0.492. The maximum Gasteiger partial charge on any atom is 0.493 e. The Bertz CT molecular complexity index is 350. The minimum Gasteiger partial charge on any atom is -0.423 e. The topological polar surface area (TPSA) is 68.6 Å². The van der Waals surface area contributed by atoms with Gasteiger partial charge in [-0.3, -0.25) is 0 Å². The molecular formula is C9H15BFN3O2. The van der Waals surface area contributed by atoms with Crippen molar-refractivity contribution in [3.63, 3.8) is 0 Å². The summed E-state index contributed by atoms with van der Waals surface area (Å²) in [5.41, 5.74) is -0.224. The molecular weight excluding hydrogens is 212 g/mol. The van der Waals surface area contributed by atoms with Crippen molar-refractivity contribution in [3.05, 3.63) is 18.1 Å². The predicted octanol–water partition coefficient (Wildman–Crippen LogP) is -1.13. The third-order valence-electron chi connectivity index (χ3n) is 2.02. The van der Waals surface area contributed by atoms with E-state index >= 15 is 0 Å². The summed E-state index contributed by atoms with van der Waals surface area (Å²) in [7, 11) is 2.03. The number of anilines is 1. The second-order valence-electron chi connectivity index (χ2n) is 3.68. The molecule has 0 aliphatic heterocycles. The Hall–Kier alpha value is -1.18. The molecule has 3 N–H and O–H groups in total. The van der Waals surface area contributed by atoms with Crippen molar-refractivity contribution >= 4 is 18.4 Å². The number of aromatic nitrogens is 1. The molecule has 0 spiro atoms.